The molecule has 1 aliphatic carbocycles. The summed E-state index contributed by atoms with van der Waals surface area (Å²) >= 11 is 0. The van der Waals surface area contributed by atoms with Crippen molar-refractivity contribution in [3.63, 3.8) is 0 Å². The molecule has 0 radical (unpaired) electrons. The van der Waals surface area contributed by atoms with E-state index in [0.717, 1.165) is 12.3 Å². The van der Waals surface area contributed by atoms with Gasteiger partial charge in [0.05, 0.1) is 6.54 Å². The third-order valence-corrected chi connectivity index (χ3v) is 4.08. The molecule has 90 valence electrons. The van der Waals surface area contributed by atoms with Gasteiger partial charge >= 0.3 is 0 Å². The molecule has 0 aromatic carbocycles. The molecule has 0 heterocycles. The molecule has 3 atom stereocenters. The molecule has 3 unspecified atom stereocenters. The molecule has 1 rings (SSSR count). The maximum atomic E-state index is 10.1. The maximum Gasteiger partial charge on any atom is 0.234 e. The Morgan fingerprint density at radius 1 is 1.44 bits per heavy atom. The lowest BCUT2D eigenvalue weighted by Crippen LogP contribution is -2.28. The zero-order chi connectivity index (χ0) is 12.6. The van der Waals surface area contributed by atoms with E-state index < -0.39 is 0 Å². The summed E-state index contributed by atoms with van der Waals surface area (Å²) in [5.41, 5.74) is 0.289. The Morgan fingerprint density at radius 3 is 2.31 bits per heavy atom. The van der Waals surface area contributed by atoms with Gasteiger partial charge in [-0.15, -0.1) is 0 Å². The first-order valence-electron chi connectivity index (χ1n) is 5.62. The van der Waals surface area contributed by atoms with Crippen molar-refractivity contribution >= 4 is 12.2 Å². The number of rotatable bonds is 3. The van der Waals surface area contributed by atoms with Gasteiger partial charge in [0.1, 0.15) is 0 Å². The summed E-state index contributed by atoms with van der Waals surface area (Å²) in [4.78, 5) is 22.1. The Hall–Kier alpha value is -1.24. The fourth-order valence-corrected chi connectivity index (χ4v) is 2.62. The SMILES string of the molecule is CCC1(CN=C=O)CCC(C)C1C.[N-]=C=O. The minimum atomic E-state index is 0.289. The van der Waals surface area contributed by atoms with Crippen molar-refractivity contribution < 1.29 is 9.59 Å². The minimum Gasteiger partial charge on any atom is -0.724 e. The highest BCUT2D eigenvalue weighted by Crippen LogP contribution is 2.48. The molecule has 16 heavy (non-hydrogen) atoms. The third-order valence-electron chi connectivity index (χ3n) is 4.08. The first-order chi connectivity index (χ1) is 7.57. The highest BCUT2D eigenvalue weighted by molar-refractivity contribution is 5.36. The Balaban J connectivity index is 0.000000673. The van der Waals surface area contributed by atoms with Crippen LogP contribution in [0, 0.1) is 17.3 Å². The molecule has 0 aromatic rings. The number of nitrogens with zero attached hydrogens (tertiary/aromatic N) is 2. The van der Waals surface area contributed by atoms with Crippen LogP contribution in [0.1, 0.15) is 40.0 Å². The van der Waals surface area contributed by atoms with Crippen LogP contribution in [0.2, 0.25) is 0 Å². The van der Waals surface area contributed by atoms with E-state index in [9.17, 15) is 4.79 Å². The molecular formula is C12H19N2O2-. The van der Waals surface area contributed by atoms with Crippen LogP contribution in [0.5, 0.6) is 0 Å². The zero-order valence-electron chi connectivity index (χ0n) is 10.2. The molecule has 0 aliphatic heterocycles. The Bertz CT molecular complexity index is 291. The summed E-state index contributed by atoms with van der Waals surface area (Å²) in [6.07, 6.45) is 5.79. The lowest BCUT2D eigenvalue weighted by molar-refractivity contribution is 0.193. The van der Waals surface area contributed by atoms with Crippen LogP contribution in [0.15, 0.2) is 4.99 Å². The number of aliphatic imine (C=N–C) groups is 1. The average Bonchev–Trinajstić information content (AvgIpc) is 2.56. The number of isocyanates is 2. The largest absolute Gasteiger partial charge is 0.724 e. The maximum absolute atomic E-state index is 10.1. The van der Waals surface area contributed by atoms with Gasteiger partial charge in [-0.3, -0.25) is 4.79 Å². The number of hydrogen-bond acceptors (Lipinski definition) is 3. The van der Waals surface area contributed by atoms with Gasteiger partial charge in [-0.2, -0.15) is 0 Å². The summed E-state index contributed by atoms with van der Waals surface area (Å²) < 4.78 is 0. The van der Waals surface area contributed by atoms with Gasteiger partial charge in [-0.05, 0) is 42.6 Å². The summed E-state index contributed by atoms with van der Waals surface area (Å²) in [5.74, 6) is 1.47. The van der Waals surface area contributed by atoms with E-state index in [0.29, 0.717) is 18.5 Å². The van der Waals surface area contributed by atoms with Crippen LogP contribution < -0.4 is 0 Å². The van der Waals surface area contributed by atoms with Gasteiger partial charge < -0.3 is 5.41 Å². The van der Waals surface area contributed by atoms with Crippen molar-refractivity contribution in [3.8, 4) is 0 Å². The molecule has 1 saturated carbocycles. The molecule has 0 amide bonds. The second-order valence-corrected chi connectivity index (χ2v) is 4.52. The van der Waals surface area contributed by atoms with Gasteiger partial charge in [0.15, 0.2) is 0 Å². The predicted molar refractivity (Wildman–Crippen MR) is 62.3 cm³/mol. The first-order valence-corrected chi connectivity index (χ1v) is 5.62. The van der Waals surface area contributed by atoms with E-state index in [1.165, 1.54) is 12.8 Å². The molecule has 0 bridgehead atoms. The van der Waals surface area contributed by atoms with Gasteiger partial charge in [0, 0.05) is 0 Å². The molecule has 0 saturated heterocycles. The predicted octanol–water partition coefficient (Wildman–Crippen LogP) is 2.68. The van der Waals surface area contributed by atoms with E-state index >= 15 is 0 Å². The molecule has 4 nitrogen and oxygen atoms in total. The fraction of sp³-hybridized carbons (Fsp3) is 0.833. The third kappa shape index (κ3) is 3.41. The van der Waals surface area contributed by atoms with Crippen LogP contribution in [0.3, 0.4) is 0 Å². The Labute approximate surface area is 96.7 Å². The monoisotopic (exact) mass is 223 g/mol. The normalized spacial score (nSPS) is 31.9. The highest BCUT2D eigenvalue weighted by atomic mass is 16.1. The van der Waals surface area contributed by atoms with E-state index in [2.05, 4.69) is 25.8 Å². The summed E-state index contributed by atoms with van der Waals surface area (Å²) in [6.45, 7) is 7.47. The first kappa shape index (κ1) is 14.8. The molecule has 1 fully saturated rings. The van der Waals surface area contributed by atoms with Gasteiger partial charge in [-0.1, -0.05) is 20.8 Å². The van der Waals surface area contributed by atoms with E-state index in [1.807, 2.05) is 0 Å². The van der Waals surface area contributed by atoms with Crippen LogP contribution in [0.25, 0.3) is 5.41 Å². The van der Waals surface area contributed by atoms with Crippen molar-refractivity contribution in [2.24, 2.45) is 22.2 Å². The quantitative estimate of drug-likeness (QED) is 0.545. The molecule has 0 aromatic heterocycles. The topological polar surface area (TPSA) is 68.8 Å². The summed E-state index contributed by atoms with van der Waals surface area (Å²) in [5, 5.41) is 6.76. The van der Waals surface area contributed by atoms with E-state index in [1.54, 1.807) is 6.08 Å². The van der Waals surface area contributed by atoms with Gasteiger partial charge in [-0.25, -0.2) is 9.79 Å². The van der Waals surface area contributed by atoms with Crippen molar-refractivity contribution in [3.05, 3.63) is 5.41 Å². The minimum absolute atomic E-state index is 0.289. The van der Waals surface area contributed by atoms with Gasteiger partial charge in [0.2, 0.25) is 6.08 Å². The molecule has 1 aliphatic rings. The Morgan fingerprint density at radius 2 is 2.00 bits per heavy atom. The standard InChI is InChI=1S/C11H19NO.CNO/c1-4-11(7-12-8-13)6-5-9(2)10(11)3;2-1-3/h9-10H,4-7H2,1-3H3;/q;-1. The average molecular weight is 223 g/mol. The van der Waals surface area contributed by atoms with Crippen LogP contribution in [-0.4, -0.2) is 18.7 Å². The molecule has 4 heteroatoms. The second kappa shape index (κ2) is 7.10. The van der Waals surface area contributed by atoms with Crippen LogP contribution in [-0.2, 0) is 9.59 Å². The number of hydrogen-bond donors (Lipinski definition) is 0. The number of carbonyl (C=O) groups excluding carboxylic acids is 2. The van der Waals surface area contributed by atoms with Crippen LogP contribution >= 0.6 is 0 Å². The fourth-order valence-electron chi connectivity index (χ4n) is 2.62. The molecule has 0 spiro atoms. The summed E-state index contributed by atoms with van der Waals surface area (Å²) in [6, 6.07) is 0. The smallest absolute Gasteiger partial charge is 0.234 e. The van der Waals surface area contributed by atoms with Crippen molar-refractivity contribution in [2.45, 2.75) is 40.0 Å². The lowest BCUT2D eigenvalue weighted by atomic mass is 9.75. The van der Waals surface area contributed by atoms with Gasteiger partial charge in [0.25, 0.3) is 0 Å². The lowest BCUT2D eigenvalue weighted by Gasteiger charge is -2.31. The molecular weight excluding hydrogens is 204 g/mol. The van der Waals surface area contributed by atoms with Crippen molar-refractivity contribution in [1.29, 1.82) is 0 Å². The summed E-state index contributed by atoms with van der Waals surface area (Å²) in [7, 11) is 0. The van der Waals surface area contributed by atoms with E-state index in [-0.39, 0.29) is 5.41 Å². The molecule has 0 N–H and O–H groups in total. The zero-order valence-corrected chi connectivity index (χ0v) is 10.2. The Kier molecular flexibility index (Phi) is 6.55. The van der Waals surface area contributed by atoms with Crippen LogP contribution in [0.4, 0.5) is 0 Å². The second-order valence-electron chi connectivity index (χ2n) is 4.52. The van der Waals surface area contributed by atoms with E-state index in [4.69, 9.17) is 10.2 Å². The highest BCUT2D eigenvalue weighted by Gasteiger charge is 2.42. The van der Waals surface area contributed by atoms with Crippen molar-refractivity contribution in [1.82, 2.24) is 0 Å². The van der Waals surface area contributed by atoms with Crippen molar-refractivity contribution in [2.75, 3.05) is 6.54 Å².